The Morgan fingerprint density at radius 3 is 1.18 bits per heavy atom. The van der Waals surface area contributed by atoms with Gasteiger partial charge in [-0.05, 0) is 13.3 Å². The van der Waals surface area contributed by atoms with Gasteiger partial charge < -0.3 is 28.4 Å². The van der Waals surface area contributed by atoms with Crippen molar-refractivity contribution in [1.82, 2.24) is 0 Å². The van der Waals surface area contributed by atoms with Crippen molar-refractivity contribution in [3.63, 3.8) is 0 Å². The van der Waals surface area contributed by atoms with Gasteiger partial charge in [-0.25, -0.2) is 0 Å². The summed E-state index contributed by atoms with van der Waals surface area (Å²) in [4.78, 5) is 22.9. The Hall–Kier alpha value is -1.22. The summed E-state index contributed by atoms with van der Waals surface area (Å²) in [6.07, 6.45) is 20.5. The number of unbranched alkanes of at least 4 members (excludes halogenated alkanes) is 14. The normalized spacial score (nSPS) is 11.1. The molecule has 0 radical (unpaired) electrons. The molecule has 0 aromatic carbocycles. The van der Waals surface area contributed by atoms with Crippen LogP contribution in [-0.4, -0.2) is 78.0 Å². The topological polar surface area (TPSA) is 89.5 Å². The Balaban J connectivity index is 3.17. The highest BCUT2D eigenvalue weighted by Gasteiger charge is 2.03. The van der Waals surface area contributed by atoms with Gasteiger partial charge in [0, 0.05) is 6.42 Å². The number of esters is 2. The molecule has 0 fully saturated rings. The van der Waals surface area contributed by atoms with Crippen molar-refractivity contribution in [2.45, 2.75) is 123 Å². The number of hydrogen-bond donors (Lipinski definition) is 0. The number of carbonyl (C=O) groups is 2. The predicted molar refractivity (Wildman–Crippen MR) is 155 cm³/mol. The molecule has 0 saturated heterocycles. The van der Waals surface area contributed by atoms with Crippen molar-refractivity contribution in [2.24, 2.45) is 0 Å². The zero-order valence-electron chi connectivity index (χ0n) is 25.4. The van der Waals surface area contributed by atoms with E-state index in [0.717, 1.165) is 12.8 Å². The first-order valence-electron chi connectivity index (χ1n) is 15.8. The summed E-state index contributed by atoms with van der Waals surface area (Å²) in [5, 5.41) is 0. The first kappa shape index (κ1) is 37.8. The van der Waals surface area contributed by atoms with E-state index in [0.29, 0.717) is 65.9 Å². The van der Waals surface area contributed by atoms with Crippen molar-refractivity contribution in [3.8, 4) is 0 Å². The molecule has 0 bridgehead atoms. The summed E-state index contributed by atoms with van der Waals surface area (Å²) in [7, 11) is 0. The molecule has 0 spiro atoms. The lowest BCUT2D eigenvalue weighted by molar-refractivity contribution is -0.146. The van der Waals surface area contributed by atoms with Gasteiger partial charge in [-0.15, -0.1) is 0 Å². The van der Waals surface area contributed by atoms with Gasteiger partial charge >= 0.3 is 11.9 Å². The summed E-state index contributed by atoms with van der Waals surface area (Å²) in [5.41, 5.74) is 0. The van der Waals surface area contributed by atoms with Crippen LogP contribution in [0.5, 0.6) is 0 Å². The van der Waals surface area contributed by atoms with Crippen molar-refractivity contribution < 1.29 is 38.0 Å². The average Bonchev–Trinajstić information content (AvgIpc) is 2.93. The molecule has 39 heavy (non-hydrogen) atoms. The van der Waals surface area contributed by atoms with E-state index in [1.54, 1.807) is 6.92 Å². The monoisotopic (exact) mass is 560 g/mol. The zero-order chi connectivity index (χ0) is 28.5. The van der Waals surface area contributed by atoms with E-state index < -0.39 is 0 Å². The van der Waals surface area contributed by atoms with Crippen LogP contribution in [0.2, 0.25) is 0 Å². The van der Waals surface area contributed by atoms with Crippen molar-refractivity contribution in [2.75, 3.05) is 66.1 Å². The molecular weight excluding hydrogens is 500 g/mol. The van der Waals surface area contributed by atoms with Crippen LogP contribution >= 0.6 is 0 Å². The zero-order valence-corrected chi connectivity index (χ0v) is 25.4. The minimum atomic E-state index is -0.248. The summed E-state index contributed by atoms with van der Waals surface area (Å²) >= 11 is 0. The molecule has 0 unspecified atom stereocenters. The maximum Gasteiger partial charge on any atom is 0.308 e. The Morgan fingerprint density at radius 1 is 0.385 bits per heavy atom. The van der Waals surface area contributed by atoms with Crippen molar-refractivity contribution in [1.29, 1.82) is 0 Å². The van der Waals surface area contributed by atoms with Crippen LogP contribution in [0.4, 0.5) is 0 Å². The van der Waals surface area contributed by atoms with E-state index >= 15 is 0 Å². The minimum absolute atomic E-state index is 0.133. The molecule has 0 saturated carbocycles. The molecule has 0 aliphatic carbocycles. The van der Waals surface area contributed by atoms with Gasteiger partial charge in [0.1, 0.15) is 6.61 Å². The predicted octanol–water partition coefficient (Wildman–Crippen LogP) is 6.81. The third-order valence-corrected chi connectivity index (χ3v) is 6.35. The molecule has 0 aromatic rings. The van der Waals surface area contributed by atoms with E-state index in [4.69, 9.17) is 28.4 Å². The van der Waals surface area contributed by atoms with Gasteiger partial charge in [-0.3, -0.25) is 9.59 Å². The Bertz CT molecular complexity index is 515. The number of carbonyl (C=O) groups excluding carboxylic acids is 2. The maximum absolute atomic E-state index is 11.8. The molecule has 0 aliphatic rings. The summed E-state index contributed by atoms with van der Waals surface area (Å²) in [6, 6.07) is 0. The lowest BCUT2D eigenvalue weighted by atomic mass is 10.0. The third kappa shape index (κ3) is 32.9. The van der Waals surface area contributed by atoms with Crippen LogP contribution < -0.4 is 0 Å². The van der Waals surface area contributed by atoms with E-state index in [2.05, 4.69) is 6.92 Å². The lowest BCUT2D eigenvalue weighted by Gasteiger charge is -2.08. The number of hydrogen-bond acceptors (Lipinski definition) is 8. The lowest BCUT2D eigenvalue weighted by Crippen LogP contribution is -2.15. The number of rotatable bonds is 32. The molecule has 0 atom stereocenters. The first-order valence-corrected chi connectivity index (χ1v) is 15.8. The average molecular weight is 561 g/mol. The Kier molecular flexibility index (Phi) is 32.0. The van der Waals surface area contributed by atoms with Gasteiger partial charge in [0.2, 0.25) is 0 Å². The largest absolute Gasteiger partial charge is 0.466 e. The second-order valence-corrected chi connectivity index (χ2v) is 9.92. The Morgan fingerprint density at radius 2 is 0.744 bits per heavy atom. The fourth-order valence-corrected chi connectivity index (χ4v) is 4.08. The quantitative estimate of drug-likeness (QED) is 0.0655. The highest BCUT2D eigenvalue weighted by atomic mass is 16.6. The standard InChI is InChI=1S/C31H60O8/c1-3-5-6-7-8-9-10-11-12-13-14-15-16-17-18-19-30(32)39-29-28-37-27-26-36-25-24-35-23-22-34-21-20-31(33)38-4-2/h3-29H2,1-2H3. The summed E-state index contributed by atoms with van der Waals surface area (Å²) in [5.74, 6) is -0.380. The van der Waals surface area contributed by atoms with E-state index in [9.17, 15) is 9.59 Å². The van der Waals surface area contributed by atoms with Crippen LogP contribution in [0.15, 0.2) is 0 Å². The van der Waals surface area contributed by atoms with E-state index in [1.807, 2.05) is 0 Å². The minimum Gasteiger partial charge on any atom is -0.466 e. The van der Waals surface area contributed by atoms with Gasteiger partial charge in [0.15, 0.2) is 0 Å². The van der Waals surface area contributed by atoms with Crippen molar-refractivity contribution in [3.05, 3.63) is 0 Å². The molecule has 0 heterocycles. The van der Waals surface area contributed by atoms with Crippen LogP contribution in [-0.2, 0) is 38.0 Å². The maximum atomic E-state index is 11.8. The molecular formula is C31H60O8. The fraction of sp³-hybridized carbons (Fsp3) is 0.935. The number of ether oxygens (including phenoxy) is 6. The highest BCUT2D eigenvalue weighted by molar-refractivity contribution is 5.69. The van der Waals surface area contributed by atoms with Gasteiger partial charge in [-0.2, -0.15) is 0 Å². The summed E-state index contributed by atoms with van der Waals surface area (Å²) in [6.45, 7) is 8.19. The highest BCUT2D eigenvalue weighted by Crippen LogP contribution is 2.13. The van der Waals surface area contributed by atoms with Gasteiger partial charge in [0.05, 0.1) is 65.9 Å². The summed E-state index contributed by atoms with van der Waals surface area (Å²) < 4.78 is 31.6. The molecule has 8 nitrogen and oxygen atoms in total. The molecule has 0 N–H and O–H groups in total. The molecule has 232 valence electrons. The molecule has 0 rings (SSSR count). The van der Waals surface area contributed by atoms with Crippen molar-refractivity contribution >= 4 is 11.9 Å². The smallest absolute Gasteiger partial charge is 0.308 e. The van der Waals surface area contributed by atoms with Crippen LogP contribution in [0.25, 0.3) is 0 Å². The fourth-order valence-electron chi connectivity index (χ4n) is 4.08. The van der Waals surface area contributed by atoms with Gasteiger partial charge in [-0.1, -0.05) is 96.8 Å². The van der Waals surface area contributed by atoms with Crippen LogP contribution in [0.1, 0.15) is 123 Å². The first-order chi connectivity index (χ1) is 19.2. The van der Waals surface area contributed by atoms with Crippen LogP contribution in [0, 0.1) is 0 Å². The van der Waals surface area contributed by atoms with E-state index in [1.165, 1.54) is 83.5 Å². The molecule has 0 aliphatic heterocycles. The second kappa shape index (κ2) is 33.0. The van der Waals surface area contributed by atoms with Gasteiger partial charge in [0.25, 0.3) is 0 Å². The van der Waals surface area contributed by atoms with E-state index in [-0.39, 0.29) is 25.0 Å². The second-order valence-electron chi connectivity index (χ2n) is 9.92. The third-order valence-electron chi connectivity index (χ3n) is 6.35. The SMILES string of the molecule is CCCCCCCCCCCCCCCCCC(=O)OCCOCCOCCOCCOCCC(=O)OCC. The molecule has 0 amide bonds. The van der Waals surface area contributed by atoms with Crippen LogP contribution in [0.3, 0.4) is 0 Å². The molecule has 8 heteroatoms. The Labute approximate surface area is 239 Å². The molecule has 0 aromatic heterocycles.